The molecule has 0 bridgehead atoms. The Balaban J connectivity index is 1.72. The minimum atomic E-state index is 0.0491. The molecule has 3 heterocycles. The lowest BCUT2D eigenvalue weighted by atomic mass is 9.80. The van der Waals surface area contributed by atoms with Gasteiger partial charge >= 0.3 is 0 Å². The first-order chi connectivity index (χ1) is 9.38. The van der Waals surface area contributed by atoms with Crippen LogP contribution in [0.1, 0.15) is 25.2 Å². The molecule has 2 aromatic heterocycles. The standard InChI is InChI=1S/C13H15N5O/c1-2-9-6-15-8-13(9,3-1)12-17-11(18-19-12)10-7-14-4-5-16-10/h4-5,7,9,15H,1-3,6,8H2. The van der Waals surface area contributed by atoms with Crippen LogP contribution in [-0.2, 0) is 5.41 Å². The molecule has 1 N–H and O–H groups in total. The van der Waals surface area contributed by atoms with Crippen molar-refractivity contribution < 1.29 is 4.52 Å². The van der Waals surface area contributed by atoms with E-state index >= 15 is 0 Å². The lowest BCUT2D eigenvalue weighted by molar-refractivity contribution is 0.265. The molecule has 1 aliphatic heterocycles. The average molecular weight is 257 g/mol. The maximum Gasteiger partial charge on any atom is 0.234 e. The van der Waals surface area contributed by atoms with Crippen molar-refractivity contribution in [3.05, 3.63) is 24.5 Å². The number of hydrogen-bond donors (Lipinski definition) is 1. The molecule has 6 nitrogen and oxygen atoms in total. The van der Waals surface area contributed by atoms with Crippen molar-refractivity contribution in [1.82, 2.24) is 25.4 Å². The number of aromatic nitrogens is 4. The molecule has 19 heavy (non-hydrogen) atoms. The van der Waals surface area contributed by atoms with Crippen LogP contribution in [0.3, 0.4) is 0 Å². The van der Waals surface area contributed by atoms with Crippen LogP contribution in [0.5, 0.6) is 0 Å². The Morgan fingerprint density at radius 1 is 1.37 bits per heavy atom. The monoisotopic (exact) mass is 257 g/mol. The normalized spacial score (nSPS) is 29.6. The van der Waals surface area contributed by atoms with Crippen molar-refractivity contribution in [2.75, 3.05) is 13.1 Å². The quantitative estimate of drug-likeness (QED) is 0.870. The Hall–Kier alpha value is -1.82. The zero-order chi connectivity index (χ0) is 12.7. The Kier molecular flexibility index (Phi) is 2.38. The van der Waals surface area contributed by atoms with E-state index in [4.69, 9.17) is 4.52 Å². The SMILES string of the molecule is c1cnc(-c2noc(C34CCCC3CNC4)n2)cn1. The number of nitrogens with one attached hydrogen (secondary N) is 1. The zero-order valence-corrected chi connectivity index (χ0v) is 10.5. The van der Waals surface area contributed by atoms with Gasteiger partial charge in [-0.15, -0.1) is 0 Å². The zero-order valence-electron chi connectivity index (χ0n) is 10.5. The van der Waals surface area contributed by atoms with Gasteiger partial charge in [0.05, 0.1) is 11.6 Å². The maximum atomic E-state index is 5.54. The third-order valence-electron chi connectivity index (χ3n) is 4.43. The van der Waals surface area contributed by atoms with Crippen LogP contribution in [0, 0.1) is 5.92 Å². The number of rotatable bonds is 2. The summed E-state index contributed by atoms with van der Waals surface area (Å²) in [6.45, 7) is 2.00. The van der Waals surface area contributed by atoms with Crippen LogP contribution in [0.2, 0.25) is 0 Å². The summed E-state index contributed by atoms with van der Waals surface area (Å²) < 4.78 is 5.54. The van der Waals surface area contributed by atoms with E-state index in [1.807, 2.05) is 0 Å². The van der Waals surface area contributed by atoms with E-state index in [9.17, 15) is 0 Å². The van der Waals surface area contributed by atoms with E-state index in [1.165, 1.54) is 12.8 Å². The van der Waals surface area contributed by atoms with Gasteiger partial charge in [-0.3, -0.25) is 4.98 Å². The van der Waals surface area contributed by atoms with E-state index in [-0.39, 0.29) is 5.41 Å². The smallest absolute Gasteiger partial charge is 0.234 e. The van der Waals surface area contributed by atoms with Crippen molar-refractivity contribution in [3.8, 4) is 11.5 Å². The van der Waals surface area contributed by atoms with Gasteiger partial charge in [0.1, 0.15) is 5.69 Å². The van der Waals surface area contributed by atoms with Crippen molar-refractivity contribution in [1.29, 1.82) is 0 Å². The molecule has 0 spiro atoms. The molecule has 2 fully saturated rings. The average Bonchev–Trinajstić information content (AvgIpc) is 3.14. The van der Waals surface area contributed by atoms with E-state index < -0.39 is 0 Å². The minimum absolute atomic E-state index is 0.0491. The van der Waals surface area contributed by atoms with Gasteiger partial charge in [0, 0.05) is 18.9 Å². The molecule has 1 aliphatic carbocycles. The van der Waals surface area contributed by atoms with Gasteiger partial charge in [-0.05, 0) is 25.3 Å². The van der Waals surface area contributed by atoms with Gasteiger partial charge in [-0.2, -0.15) is 4.98 Å². The highest BCUT2D eigenvalue weighted by molar-refractivity contribution is 5.45. The van der Waals surface area contributed by atoms with Gasteiger partial charge in [0.15, 0.2) is 0 Å². The third-order valence-corrected chi connectivity index (χ3v) is 4.43. The highest BCUT2D eigenvalue weighted by Gasteiger charge is 2.51. The summed E-state index contributed by atoms with van der Waals surface area (Å²) in [6.07, 6.45) is 8.55. The second-order valence-corrected chi connectivity index (χ2v) is 5.39. The van der Waals surface area contributed by atoms with Crippen LogP contribution in [0.25, 0.3) is 11.5 Å². The van der Waals surface area contributed by atoms with Gasteiger partial charge in [0.2, 0.25) is 11.7 Å². The van der Waals surface area contributed by atoms with Gasteiger partial charge in [-0.25, -0.2) is 4.98 Å². The van der Waals surface area contributed by atoms with E-state index in [2.05, 4.69) is 25.4 Å². The lowest BCUT2D eigenvalue weighted by Crippen LogP contribution is -2.31. The molecular weight excluding hydrogens is 242 g/mol. The number of fused-ring (bicyclic) bond motifs is 1. The first kappa shape index (κ1) is 11.0. The lowest BCUT2D eigenvalue weighted by Gasteiger charge is -2.22. The first-order valence-corrected chi connectivity index (χ1v) is 6.70. The minimum Gasteiger partial charge on any atom is -0.338 e. The molecule has 98 valence electrons. The summed E-state index contributed by atoms with van der Waals surface area (Å²) in [5, 5.41) is 7.53. The van der Waals surface area contributed by atoms with E-state index in [0.29, 0.717) is 17.4 Å². The summed E-state index contributed by atoms with van der Waals surface area (Å²) in [4.78, 5) is 12.8. The predicted molar refractivity (Wildman–Crippen MR) is 67.2 cm³/mol. The van der Waals surface area contributed by atoms with Crippen molar-refractivity contribution in [2.24, 2.45) is 5.92 Å². The Morgan fingerprint density at radius 2 is 2.37 bits per heavy atom. The fraction of sp³-hybridized carbons (Fsp3) is 0.538. The molecule has 0 aromatic carbocycles. The van der Waals surface area contributed by atoms with Crippen LogP contribution in [-0.4, -0.2) is 33.2 Å². The highest BCUT2D eigenvalue weighted by Crippen LogP contribution is 2.47. The summed E-state index contributed by atoms with van der Waals surface area (Å²) in [7, 11) is 0. The van der Waals surface area contributed by atoms with Gasteiger partial charge in [-0.1, -0.05) is 11.6 Å². The highest BCUT2D eigenvalue weighted by atomic mass is 16.5. The summed E-state index contributed by atoms with van der Waals surface area (Å²) in [5.41, 5.74) is 0.711. The summed E-state index contributed by atoms with van der Waals surface area (Å²) in [5.74, 6) is 1.93. The Bertz CT molecular complexity index is 572. The van der Waals surface area contributed by atoms with E-state index in [1.54, 1.807) is 18.6 Å². The number of nitrogens with zero attached hydrogens (tertiary/aromatic N) is 4. The topological polar surface area (TPSA) is 76.7 Å². The first-order valence-electron chi connectivity index (χ1n) is 6.70. The maximum absolute atomic E-state index is 5.54. The van der Waals surface area contributed by atoms with Crippen LogP contribution in [0.4, 0.5) is 0 Å². The molecule has 2 aromatic rings. The molecule has 4 rings (SSSR count). The van der Waals surface area contributed by atoms with E-state index in [0.717, 1.165) is 25.4 Å². The van der Waals surface area contributed by atoms with Crippen molar-refractivity contribution >= 4 is 0 Å². The summed E-state index contributed by atoms with van der Waals surface area (Å²) in [6, 6.07) is 0. The fourth-order valence-corrected chi connectivity index (χ4v) is 3.45. The fourth-order valence-electron chi connectivity index (χ4n) is 3.45. The predicted octanol–water partition coefficient (Wildman–Crippen LogP) is 1.17. The van der Waals surface area contributed by atoms with Gasteiger partial charge in [0.25, 0.3) is 0 Å². The number of hydrogen-bond acceptors (Lipinski definition) is 6. The van der Waals surface area contributed by atoms with Crippen LogP contribution >= 0.6 is 0 Å². The Morgan fingerprint density at radius 3 is 3.26 bits per heavy atom. The molecule has 1 saturated heterocycles. The molecule has 1 saturated carbocycles. The molecule has 2 aliphatic rings. The van der Waals surface area contributed by atoms with Crippen molar-refractivity contribution in [3.63, 3.8) is 0 Å². The third kappa shape index (κ3) is 1.59. The molecule has 2 unspecified atom stereocenters. The molecule has 2 atom stereocenters. The largest absolute Gasteiger partial charge is 0.338 e. The second kappa shape index (κ2) is 4.09. The van der Waals surface area contributed by atoms with Crippen LogP contribution < -0.4 is 5.32 Å². The van der Waals surface area contributed by atoms with Gasteiger partial charge < -0.3 is 9.84 Å². The van der Waals surface area contributed by atoms with Crippen LogP contribution in [0.15, 0.2) is 23.1 Å². The Labute approximate surface area is 110 Å². The molecule has 6 heteroatoms. The van der Waals surface area contributed by atoms with Crippen molar-refractivity contribution in [2.45, 2.75) is 24.7 Å². The molecular formula is C13H15N5O. The second-order valence-electron chi connectivity index (χ2n) is 5.39. The summed E-state index contributed by atoms with van der Waals surface area (Å²) >= 11 is 0. The molecule has 0 amide bonds. The molecule has 0 radical (unpaired) electrons.